The number of nitrogens with zero attached hydrogens (tertiary/aromatic N) is 1. The van der Waals surface area contributed by atoms with Crippen LogP contribution in [0.4, 0.5) is 4.79 Å². The van der Waals surface area contributed by atoms with E-state index in [-0.39, 0.29) is 24.3 Å². The third-order valence-electron chi connectivity index (χ3n) is 4.30. The van der Waals surface area contributed by atoms with Crippen LogP contribution in [0.5, 0.6) is 0 Å². The number of likely N-dealkylation sites (tertiary alicyclic amines) is 1. The summed E-state index contributed by atoms with van der Waals surface area (Å²) in [5, 5.41) is 11.9. The van der Waals surface area contributed by atoms with Gasteiger partial charge in [-0.2, -0.15) is 0 Å². The number of urea groups is 1. The third-order valence-corrected chi connectivity index (χ3v) is 4.30. The van der Waals surface area contributed by atoms with Crippen molar-refractivity contribution in [2.45, 2.75) is 44.1 Å². The first-order chi connectivity index (χ1) is 9.42. The smallest absolute Gasteiger partial charge is 0.317 e. The predicted molar refractivity (Wildman–Crippen MR) is 70.9 cm³/mol. The van der Waals surface area contributed by atoms with E-state index in [0.717, 1.165) is 12.8 Å². The molecule has 2 rings (SSSR count). The largest absolute Gasteiger partial charge is 0.481 e. The molecule has 4 N–H and O–H groups in total. The Labute approximate surface area is 117 Å². The van der Waals surface area contributed by atoms with Gasteiger partial charge in [0.15, 0.2) is 0 Å². The number of nitrogens with one attached hydrogen (secondary N) is 1. The molecule has 0 aromatic heterocycles. The highest BCUT2D eigenvalue weighted by molar-refractivity contribution is 5.81. The Morgan fingerprint density at radius 1 is 1.30 bits per heavy atom. The van der Waals surface area contributed by atoms with Crippen LogP contribution in [0.15, 0.2) is 0 Å². The van der Waals surface area contributed by atoms with Gasteiger partial charge in [-0.3, -0.25) is 9.59 Å². The average molecular weight is 283 g/mol. The van der Waals surface area contributed by atoms with Crippen molar-refractivity contribution >= 4 is 17.9 Å². The Morgan fingerprint density at radius 2 is 1.95 bits per heavy atom. The molecule has 0 radical (unpaired) electrons. The highest BCUT2D eigenvalue weighted by Crippen LogP contribution is 2.33. The topological polar surface area (TPSA) is 113 Å². The summed E-state index contributed by atoms with van der Waals surface area (Å²) in [7, 11) is 0. The molecule has 0 aromatic carbocycles. The normalized spacial score (nSPS) is 24.6. The quantitative estimate of drug-likeness (QED) is 0.688. The van der Waals surface area contributed by atoms with Gasteiger partial charge < -0.3 is 21.1 Å². The Bertz CT molecular complexity index is 418. The number of rotatable bonds is 4. The van der Waals surface area contributed by atoms with Crippen molar-refractivity contribution in [2.75, 3.05) is 13.1 Å². The van der Waals surface area contributed by atoms with Gasteiger partial charge in [0.25, 0.3) is 0 Å². The lowest BCUT2D eigenvalue weighted by molar-refractivity contribution is -0.138. The summed E-state index contributed by atoms with van der Waals surface area (Å²) in [6.45, 7) is 0.812. The number of hydrogen-bond donors (Lipinski definition) is 3. The van der Waals surface area contributed by atoms with E-state index in [1.54, 1.807) is 4.90 Å². The van der Waals surface area contributed by atoms with Crippen LogP contribution in [0.1, 0.15) is 38.5 Å². The fourth-order valence-corrected chi connectivity index (χ4v) is 3.17. The first-order valence-corrected chi connectivity index (χ1v) is 7.00. The standard InChI is InChI=1S/C13H21N3O4/c14-11(19)9-3-6-16(8-9)12(20)15-13(7-10(17)18)4-1-2-5-13/h9H,1-8H2,(H2,14,19)(H,15,20)(H,17,18). The summed E-state index contributed by atoms with van der Waals surface area (Å²) >= 11 is 0. The van der Waals surface area contributed by atoms with Crippen LogP contribution in [0.2, 0.25) is 0 Å². The zero-order chi connectivity index (χ0) is 14.8. The second kappa shape index (κ2) is 5.68. The van der Waals surface area contributed by atoms with Crippen LogP contribution < -0.4 is 11.1 Å². The van der Waals surface area contributed by atoms with E-state index in [2.05, 4.69) is 5.32 Å². The SMILES string of the molecule is NC(=O)C1CCN(C(=O)NC2(CC(=O)O)CCCC2)C1. The molecule has 3 amide bonds. The van der Waals surface area contributed by atoms with Crippen LogP contribution in [0.3, 0.4) is 0 Å². The molecule has 1 saturated heterocycles. The van der Waals surface area contributed by atoms with Crippen LogP contribution in [-0.2, 0) is 9.59 Å². The molecular weight excluding hydrogens is 262 g/mol. The van der Waals surface area contributed by atoms with E-state index in [9.17, 15) is 14.4 Å². The van der Waals surface area contributed by atoms with Crippen molar-refractivity contribution < 1.29 is 19.5 Å². The van der Waals surface area contributed by atoms with Crippen molar-refractivity contribution in [3.63, 3.8) is 0 Å². The third kappa shape index (κ3) is 3.20. The number of carbonyl (C=O) groups excluding carboxylic acids is 2. The van der Waals surface area contributed by atoms with Gasteiger partial charge in [0, 0.05) is 13.1 Å². The molecule has 1 heterocycles. The molecule has 1 saturated carbocycles. The number of nitrogens with two attached hydrogens (primary N) is 1. The van der Waals surface area contributed by atoms with Gasteiger partial charge in [-0.25, -0.2) is 4.79 Å². The van der Waals surface area contributed by atoms with E-state index in [0.29, 0.717) is 32.4 Å². The summed E-state index contributed by atoms with van der Waals surface area (Å²) in [6.07, 6.45) is 3.77. The molecule has 2 aliphatic rings. The Balaban J connectivity index is 1.96. The molecule has 20 heavy (non-hydrogen) atoms. The maximum absolute atomic E-state index is 12.2. The van der Waals surface area contributed by atoms with Crippen molar-refractivity contribution in [2.24, 2.45) is 11.7 Å². The van der Waals surface area contributed by atoms with Gasteiger partial charge >= 0.3 is 12.0 Å². The van der Waals surface area contributed by atoms with Gasteiger partial charge in [-0.1, -0.05) is 12.8 Å². The predicted octanol–water partition coefficient (Wildman–Crippen LogP) is 0.291. The van der Waals surface area contributed by atoms with Crippen LogP contribution in [0, 0.1) is 5.92 Å². The number of amides is 3. The lowest BCUT2D eigenvalue weighted by atomic mass is 9.93. The van der Waals surface area contributed by atoms with E-state index >= 15 is 0 Å². The summed E-state index contributed by atoms with van der Waals surface area (Å²) in [5.41, 5.74) is 4.61. The Hall–Kier alpha value is -1.79. The summed E-state index contributed by atoms with van der Waals surface area (Å²) in [5.74, 6) is -1.58. The number of hydrogen-bond acceptors (Lipinski definition) is 3. The first-order valence-electron chi connectivity index (χ1n) is 7.00. The highest BCUT2D eigenvalue weighted by atomic mass is 16.4. The first kappa shape index (κ1) is 14.6. The zero-order valence-electron chi connectivity index (χ0n) is 11.4. The fraction of sp³-hybridized carbons (Fsp3) is 0.769. The Morgan fingerprint density at radius 3 is 2.45 bits per heavy atom. The van der Waals surface area contributed by atoms with E-state index < -0.39 is 11.5 Å². The van der Waals surface area contributed by atoms with Gasteiger partial charge in [-0.15, -0.1) is 0 Å². The average Bonchev–Trinajstić information content (AvgIpc) is 2.96. The maximum Gasteiger partial charge on any atom is 0.317 e. The summed E-state index contributed by atoms with van der Waals surface area (Å²) in [6, 6.07) is -0.281. The summed E-state index contributed by atoms with van der Waals surface area (Å²) in [4.78, 5) is 35.9. The van der Waals surface area contributed by atoms with E-state index in [1.165, 1.54) is 0 Å². The zero-order valence-corrected chi connectivity index (χ0v) is 11.4. The van der Waals surface area contributed by atoms with Gasteiger partial charge in [0.05, 0.1) is 17.9 Å². The molecule has 0 bridgehead atoms. The Kier molecular flexibility index (Phi) is 4.15. The minimum Gasteiger partial charge on any atom is -0.481 e. The van der Waals surface area contributed by atoms with Crippen LogP contribution in [-0.4, -0.2) is 46.5 Å². The summed E-state index contributed by atoms with van der Waals surface area (Å²) < 4.78 is 0. The molecule has 1 aliphatic carbocycles. The molecule has 2 fully saturated rings. The highest BCUT2D eigenvalue weighted by Gasteiger charge is 2.39. The molecule has 1 aliphatic heterocycles. The lowest BCUT2D eigenvalue weighted by Crippen LogP contribution is -2.52. The number of carboxylic acid groups (broad SMARTS) is 1. The molecule has 1 atom stereocenters. The number of primary amides is 1. The molecule has 7 heteroatoms. The van der Waals surface area contributed by atoms with E-state index in [4.69, 9.17) is 10.8 Å². The van der Waals surface area contributed by atoms with Gasteiger partial charge in [0.1, 0.15) is 0 Å². The van der Waals surface area contributed by atoms with Crippen molar-refractivity contribution in [3.05, 3.63) is 0 Å². The number of carbonyl (C=O) groups is 3. The molecule has 7 nitrogen and oxygen atoms in total. The fourth-order valence-electron chi connectivity index (χ4n) is 3.17. The van der Waals surface area contributed by atoms with Crippen LogP contribution in [0.25, 0.3) is 0 Å². The molecule has 112 valence electrons. The number of carboxylic acids is 1. The van der Waals surface area contributed by atoms with Crippen LogP contribution >= 0.6 is 0 Å². The number of aliphatic carboxylic acids is 1. The van der Waals surface area contributed by atoms with Gasteiger partial charge in [0.2, 0.25) is 5.91 Å². The second-order valence-corrected chi connectivity index (χ2v) is 5.82. The lowest BCUT2D eigenvalue weighted by Gasteiger charge is -2.31. The van der Waals surface area contributed by atoms with Crippen molar-refractivity contribution in [1.29, 1.82) is 0 Å². The molecular formula is C13H21N3O4. The molecule has 0 aromatic rings. The van der Waals surface area contributed by atoms with Crippen molar-refractivity contribution in [3.8, 4) is 0 Å². The molecule has 1 unspecified atom stereocenters. The minimum absolute atomic E-state index is 0.0498. The molecule has 0 spiro atoms. The minimum atomic E-state index is -0.899. The van der Waals surface area contributed by atoms with E-state index in [1.807, 2.05) is 0 Å². The van der Waals surface area contributed by atoms with Crippen molar-refractivity contribution in [1.82, 2.24) is 10.2 Å². The monoisotopic (exact) mass is 283 g/mol. The maximum atomic E-state index is 12.2. The van der Waals surface area contributed by atoms with Gasteiger partial charge in [-0.05, 0) is 19.3 Å². The second-order valence-electron chi connectivity index (χ2n) is 5.82.